The molecule has 3 N–H and O–H groups in total. The fourth-order valence-corrected chi connectivity index (χ4v) is 9.39. The van der Waals surface area contributed by atoms with Gasteiger partial charge in [0, 0.05) is 55.4 Å². The van der Waals surface area contributed by atoms with Crippen molar-refractivity contribution in [2.75, 3.05) is 33.2 Å². The molecule has 1 fully saturated rings. The number of hydrogen-bond acceptors (Lipinski definition) is 12. The number of allylic oxidation sites excluding steroid dienone is 1. The van der Waals surface area contributed by atoms with Crippen molar-refractivity contribution in [2.24, 2.45) is 22.9 Å². The molecule has 7 rings (SSSR count). The van der Waals surface area contributed by atoms with E-state index in [1.54, 1.807) is 59.5 Å². The molecule has 0 bridgehead atoms. The molecule has 0 spiro atoms. The number of carbonyl (C=O) groups excluding carboxylic acids is 1. The SMILES string of the molecule is C=CCOC12Oc3ccc(O)cc3C3C(CCCCO)C(CCCCO)C=C(C(=NOCc4ccc([N+](=O)[O-])cc4)CC1N(CCC)C(=O)c1ccc4c(c1)OCO4)C32. The molecule has 314 valence electrons. The number of ether oxygens (including phenoxy) is 4. The summed E-state index contributed by atoms with van der Waals surface area (Å²) >= 11 is 0. The summed E-state index contributed by atoms with van der Waals surface area (Å²) in [5, 5.41) is 46.8. The first-order valence-corrected chi connectivity index (χ1v) is 20.6. The van der Waals surface area contributed by atoms with E-state index in [0.717, 1.165) is 36.8 Å². The maximum absolute atomic E-state index is 15.0. The Morgan fingerprint density at radius 3 is 2.49 bits per heavy atom. The van der Waals surface area contributed by atoms with Gasteiger partial charge in [0.05, 0.1) is 23.2 Å². The Balaban J connectivity index is 1.41. The number of carbonyl (C=O) groups is 1. The number of amides is 1. The highest BCUT2D eigenvalue weighted by Crippen LogP contribution is 2.62. The number of benzene rings is 3. The number of fused-ring (bicyclic) bond motifs is 3. The average Bonchev–Trinajstić information content (AvgIpc) is 3.72. The van der Waals surface area contributed by atoms with Gasteiger partial charge in [0.2, 0.25) is 12.6 Å². The minimum Gasteiger partial charge on any atom is -0.508 e. The minimum atomic E-state index is -1.46. The lowest BCUT2D eigenvalue weighted by Crippen LogP contribution is -2.70. The van der Waals surface area contributed by atoms with Crippen LogP contribution in [0.1, 0.15) is 85.7 Å². The van der Waals surface area contributed by atoms with E-state index in [1.165, 1.54) is 12.1 Å². The van der Waals surface area contributed by atoms with Crippen LogP contribution >= 0.6 is 0 Å². The fourth-order valence-electron chi connectivity index (χ4n) is 9.39. The van der Waals surface area contributed by atoms with E-state index in [-0.39, 0.29) is 74.7 Å². The number of nitro benzene ring substituents is 1. The number of rotatable bonds is 19. The van der Waals surface area contributed by atoms with Crippen molar-refractivity contribution >= 4 is 17.3 Å². The van der Waals surface area contributed by atoms with Gasteiger partial charge in [0.1, 0.15) is 24.1 Å². The van der Waals surface area contributed by atoms with Gasteiger partial charge >= 0.3 is 0 Å². The number of phenols is 1. The van der Waals surface area contributed by atoms with E-state index >= 15 is 0 Å². The molecule has 59 heavy (non-hydrogen) atoms. The zero-order chi connectivity index (χ0) is 41.5. The number of nitro groups is 1. The van der Waals surface area contributed by atoms with Gasteiger partial charge in [-0.2, -0.15) is 0 Å². The van der Waals surface area contributed by atoms with Crippen molar-refractivity contribution in [3.05, 3.63) is 112 Å². The number of non-ortho nitro benzene ring substituents is 1. The van der Waals surface area contributed by atoms with Crippen LogP contribution in [0.5, 0.6) is 23.0 Å². The summed E-state index contributed by atoms with van der Waals surface area (Å²) in [4.78, 5) is 33.7. The third kappa shape index (κ3) is 8.52. The molecule has 2 heterocycles. The lowest BCUT2D eigenvalue weighted by Gasteiger charge is -2.60. The van der Waals surface area contributed by atoms with Crippen molar-refractivity contribution in [2.45, 2.75) is 82.6 Å². The van der Waals surface area contributed by atoms with Gasteiger partial charge in [0.15, 0.2) is 11.5 Å². The molecule has 0 radical (unpaired) electrons. The van der Waals surface area contributed by atoms with Crippen LogP contribution in [0.2, 0.25) is 0 Å². The van der Waals surface area contributed by atoms with E-state index in [1.807, 2.05) is 6.92 Å². The van der Waals surface area contributed by atoms with E-state index < -0.39 is 22.7 Å². The fraction of sp³-hybridized carbons (Fsp3) is 0.467. The van der Waals surface area contributed by atoms with E-state index in [9.17, 15) is 30.2 Å². The highest BCUT2D eigenvalue weighted by molar-refractivity contribution is 6.03. The molecule has 14 nitrogen and oxygen atoms in total. The Bertz CT molecular complexity index is 2050. The Kier molecular flexibility index (Phi) is 13.2. The Morgan fingerprint density at radius 2 is 1.76 bits per heavy atom. The first-order valence-electron chi connectivity index (χ1n) is 20.6. The van der Waals surface area contributed by atoms with Gasteiger partial charge < -0.3 is 44.0 Å². The second-order valence-electron chi connectivity index (χ2n) is 15.6. The molecular formula is C45H53N3O11. The first kappa shape index (κ1) is 41.7. The van der Waals surface area contributed by atoms with Crippen LogP contribution < -0.4 is 14.2 Å². The van der Waals surface area contributed by atoms with Crippen LogP contribution in [0, 0.1) is 27.9 Å². The normalized spacial score (nSPS) is 24.4. The van der Waals surface area contributed by atoms with Crippen molar-refractivity contribution in [3.8, 4) is 23.0 Å². The third-order valence-electron chi connectivity index (χ3n) is 11.9. The molecule has 3 aromatic carbocycles. The average molecular weight is 812 g/mol. The van der Waals surface area contributed by atoms with Crippen molar-refractivity contribution in [1.82, 2.24) is 4.90 Å². The molecule has 0 aromatic heterocycles. The molecule has 3 aromatic rings. The van der Waals surface area contributed by atoms with Crippen LogP contribution in [-0.4, -0.2) is 81.7 Å². The summed E-state index contributed by atoms with van der Waals surface area (Å²) in [5.41, 5.74) is 3.34. The maximum atomic E-state index is 15.0. The predicted molar refractivity (Wildman–Crippen MR) is 218 cm³/mol. The van der Waals surface area contributed by atoms with E-state index in [0.29, 0.717) is 59.9 Å². The summed E-state index contributed by atoms with van der Waals surface area (Å²) in [6.07, 6.45) is 9.05. The second kappa shape index (κ2) is 18.6. The number of aliphatic hydroxyl groups excluding tert-OH is 2. The van der Waals surface area contributed by atoms with Gasteiger partial charge in [-0.3, -0.25) is 14.9 Å². The molecule has 2 aliphatic heterocycles. The summed E-state index contributed by atoms with van der Waals surface area (Å²) in [5.74, 6) is -0.876. The van der Waals surface area contributed by atoms with Crippen LogP contribution in [0.3, 0.4) is 0 Å². The predicted octanol–water partition coefficient (Wildman–Crippen LogP) is 7.42. The molecule has 2 aliphatic carbocycles. The molecule has 1 saturated carbocycles. The summed E-state index contributed by atoms with van der Waals surface area (Å²) in [6, 6.07) is 15.6. The maximum Gasteiger partial charge on any atom is 0.269 e. The largest absolute Gasteiger partial charge is 0.508 e. The van der Waals surface area contributed by atoms with Crippen molar-refractivity contribution in [3.63, 3.8) is 0 Å². The Hall–Kier alpha value is -5.44. The van der Waals surface area contributed by atoms with Crippen molar-refractivity contribution < 1.29 is 48.8 Å². The monoisotopic (exact) mass is 811 g/mol. The number of aromatic hydroxyl groups is 1. The third-order valence-corrected chi connectivity index (χ3v) is 11.9. The van der Waals surface area contributed by atoms with Gasteiger partial charge in [-0.05, 0) is 104 Å². The van der Waals surface area contributed by atoms with Gasteiger partial charge in [-0.15, -0.1) is 6.58 Å². The molecule has 1 amide bonds. The first-order chi connectivity index (χ1) is 28.7. The van der Waals surface area contributed by atoms with Crippen LogP contribution in [0.4, 0.5) is 5.69 Å². The lowest BCUT2D eigenvalue weighted by molar-refractivity contribution is -0.384. The zero-order valence-electron chi connectivity index (χ0n) is 33.4. The van der Waals surface area contributed by atoms with Crippen molar-refractivity contribution in [1.29, 1.82) is 0 Å². The van der Waals surface area contributed by atoms with Gasteiger partial charge in [-0.1, -0.05) is 37.1 Å². The van der Waals surface area contributed by atoms with Gasteiger partial charge in [0.25, 0.3) is 11.6 Å². The number of aliphatic hydroxyl groups is 2. The summed E-state index contributed by atoms with van der Waals surface area (Å²) in [7, 11) is 0. The summed E-state index contributed by atoms with van der Waals surface area (Å²) < 4.78 is 25.4. The van der Waals surface area contributed by atoms with E-state index in [2.05, 4.69) is 12.7 Å². The molecule has 4 aliphatic rings. The number of oxime groups is 1. The highest BCUT2D eigenvalue weighted by Gasteiger charge is 2.65. The molecule has 6 unspecified atom stereocenters. The molecule has 6 atom stereocenters. The smallest absolute Gasteiger partial charge is 0.269 e. The van der Waals surface area contributed by atoms with Crippen LogP contribution in [0.15, 0.2) is 90.1 Å². The second-order valence-corrected chi connectivity index (χ2v) is 15.6. The van der Waals surface area contributed by atoms with Gasteiger partial charge in [-0.25, -0.2) is 0 Å². The lowest BCUT2D eigenvalue weighted by atomic mass is 9.55. The topological polar surface area (TPSA) is 183 Å². The van der Waals surface area contributed by atoms with E-state index in [4.69, 9.17) is 28.9 Å². The zero-order valence-corrected chi connectivity index (χ0v) is 33.4. The highest BCUT2D eigenvalue weighted by atomic mass is 16.7. The Labute approximate surface area is 343 Å². The number of nitrogens with zero attached hydrogens (tertiary/aromatic N) is 3. The molecular weight excluding hydrogens is 759 g/mol. The quantitative estimate of drug-likeness (QED) is 0.0474. The standard InChI is InChI=1S/C45H53N3O11/c1-3-19-47(44(52)31-13-17-39-40(24-31)56-28-55-39)41-26-37(46-58-27-29-11-14-32(15-12-29)48(53)54)35-23-30(9-5-7-20-49)34(10-6-8-21-50)42-36-25-33(51)16-18-38(36)59-45(41,43(35)42)57-22-4-2/h4,11-18,23-25,30,34,41-43,49-51H,2-3,5-10,19-22,26-28H2,1H3. The Morgan fingerprint density at radius 1 is 1.02 bits per heavy atom. The molecule has 14 heteroatoms. The number of phenolic OH excluding ortho intramolecular Hbond substituents is 1. The van der Waals surface area contributed by atoms with Crippen LogP contribution in [0.25, 0.3) is 0 Å². The number of hydrogen-bond donors (Lipinski definition) is 3. The molecule has 0 saturated heterocycles. The number of unbranched alkanes of at least 4 members (excludes halogenated alkanes) is 2. The summed E-state index contributed by atoms with van der Waals surface area (Å²) in [6.45, 7) is 6.68. The van der Waals surface area contributed by atoms with Crippen LogP contribution in [-0.2, 0) is 16.2 Å². The minimum absolute atomic E-state index is 0.00429.